The van der Waals surface area contributed by atoms with E-state index < -0.39 is 11.7 Å². The van der Waals surface area contributed by atoms with E-state index >= 15 is 0 Å². The second-order valence-corrected chi connectivity index (χ2v) is 7.21. The molecular formula is C21H19ClN4O6. The Bertz CT molecular complexity index is 1330. The van der Waals surface area contributed by atoms with Crippen molar-refractivity contribution >= 4 is 28.6 Å². The van der Waals surface area contributed by atoms with Gasteiger partial charge in [-0.1, -0.05) is 22.8 Å². The van der Waals surface area contributed by atoms with Crippen LogP contribution in [0.25, 0.3) is 11.1 Å². The molecule has 0 aliphatic rings. The molecule has 0 unspecified atom stereocenters. The lowest BCUT2D eigenvalue weighted by Gasteiger charge is -2.09. The van der Waals surface area contributed by atoms with Crippen LogP contribution < -0.4 is 20.5 Å². The van der Waals surface area contributed by atoms with Gasteiger partial charge in [0.25, 0.3) is 0 Å². The van der Waals surface area contributed by atoms with Gasteiger partial charge < -0.3 is 23.7 Å². The van der Waals surface area contributed by atoms with E-state index in [0.29, 0.717) is 40.6 Å². The summed E-state index contributed by atoms with van der Waals surface area (Å²) in [6.45, 7) is 0.310. The number of methoxy groups -OCH3 is 2. The lowest BCUT2D eigenvalue weighted by Crippen LogP contribution is -2.26. The Labute approximate surface area is 186 Å². The lowest BCUT2D eigenvalue weighted by atomic mass is 10.1. The lowest BCUT2D eigenvalue weighted by molar-refractivity contribution is 0.0910. The fourth-order valence-corrected chi connectivity index (χ4v) is 3.34. The van der Waals surface area contributed by atoms with Crippen molar-refractivity contribution in [2.45, 2.75) is 13.0 Å². The van der Waals surface area contributed by atoms with Crippen LogP contribution in [0.4, 0.5) is 0 Å². The molecule has 10 nitrogen and oxygen atoms in total. The van der Waals surface area contributed by atoms with Crippen molar-refractivity contribution in [2.24, 2.45) is 0 Å². The Kier molecular flexibility index (Phi) is 6.13. The minimum atomic E-state index is -0.590. The summed E-state index contributed by atoms with van der Waals surface area (Å²) in [6.07, 6.45) is 0.560. The molecule has 0 atom stereocenters. The molecule has 166 valence electrons. The summed E-state index contributed by atoms with van der Waals surface area (Å²) in [4.78, 5) is 28.5. The highest BCUT2D eigenvalue weighted by atomic mass is 35.5. The SMILES string of the molecule is COc1ccc(CCNC(=O)c2nc(Cn3c(=O)oc4ccc(Cl)cc43)no2)cc1OC. The first-order chi connectivity index (χ1) is 15.5. The molecule has 0 bridgehead atoms. The average Bonchev–Trinajstić information content (AvgIpc) is 3.38. The number of nitrogens with one attached hydrogen (secondary N) is 1. The van der Waals surface area contributed by atoms with Crippen molar-refractivity contribution in [3.63, 3.8) is 0 Å². The summed E-state index contributed by atoms with van der Waals surface area (Å²) in [5, 5.41) is 6.95. The molecule has 4 aromatic rings. The number of oxazole rings is 1. The topological polar surface area (TPSA) is 122 Å². The van der Waals surface area contributed by atoms with Crippen molar-refractivity contribution in [1.82, 2.24) is 20.0 Å². The predicted octanol–water partition coefficient (Wildman–Crippen LogP) is 2.67. The largest absolute Gasteiger partial charge is 0.493 e. The zero-order chi connectivity index (χ0) is 22.7. The van der Waals surface area contributed by atoms with Gasteiger partial charge in [-0.15, -0.1) is 0 Å². The number of hydrogen-bond acceptors (Lipinski definition) is 8. The fourth-order valence-electron chi connectivity index (χ4n) is 3.17. The van der Waals surface area contributed by atoms with Gasteiger partial charge in [0.05, 0.1) is 26.3 Å². The number of amides is 1. The van der Waals surface area contributed by atoms with Crippen LogP contribution in [0.1, 0.15) is 22.1 Å². The molecule has 32 heavy (non-hydrogen) atoms. The molecule has 0 spiro atoms. The van der Waals surface area contributed by atoms with Crippen LogP contribution in [-0.2, 0) is 13.0 Å². The molecule has 0 aliphatic carbocycles. The van der Waals surface area contributed by atoms with Gasteiger partial charge in [0, 0.05) is 11.6 Å². The van der Waals surface area contributed by atoms with Crippen LogP contribution in [0.2, 0.25) is 5.02 Å². The Morgan fingerprint density at radius 2 is 1.97 bits per heavy atom. The number of carbonyl (C=O) groups excluding carboxylic acids is 1. The molecule has 0 saturated carbocycles. The molecule has 2 aromatic heterocycles. The number of aromatic nitrogens is 3. The van der Waals surface area contributed by atoms with Gasteiger partial charge in [-0.25, -0.2) is 4.79 Å². The van der Waals surface area contributed by atoms with Crippen LogP contribution >= 0.6 is 11.6 Å². The normalized spacial score (nSPS) is 11.0. The third-order valence-corrected chi connectivity index (χ3v) is 4.97. The monoisotopic (exact) mass is 458 g/mol. The van der Waals surface area contributed by atoms with E-state index in [-0.39, 0.29) is 18.3 Å². The first-order valence-electron chi connectivity index (χ1n) is 9.59. The second kappa shape index (κ2) is 9.15. The van der Waals surface area contributed by atoms with Gasteiger partial charge in [-0.2, -0.15) is 4.98 Å². The van der Waals surface area contributed by atoms with E-state index in [9.17, 15) is 9.59 Å². The number of carbonyl (C=O) groups is 1. The van der Waals surface area contributed by atoms with E-state index in [1.807, 2.05) is 12.1 Å². The molecule has 0 aliphatic heterocycles. The Morgan fingerprint density at radius 3 is 2.75 bits per heavy atom. The third kappa shape index (κ3) is 4.45. The smallest absolute Gasteiger partial charge is 0.420 e. The minimum Gasteiger partial charge on any atom is -0.493 e. The predicted molar refractivity (Wildman–Crippen MR) is 114 cm³/mol. The molecule has 1 N–H and O–H groups in total. The summed E-state index contributed by atoms with van der Waals surface area (Å²) >= 11 is 6.00. The maximum atomic E-state index is 12.3. The van der Waals surface area contributed by atoms with Gasteiger partial charge in [0.2, 0.25) is 0 Å². The number of hydrogen-bond donors (Lipinski definition) is 1. The average molecular weight is 459 g/mol. The highest BCUT2D eigenvalue weighted by molar-refractivity contribution is 6.31. The number of halogens is 1. The quantitative estimate of drug-likeness (QED) is 0.427. The van der Waals surface area contributed by atoms with Gasteiger partial charge >= 0.3 is 17.6 Å². The summed E-state index contributed by atoms with van der Waals surface area (Å²) in [7, 11) is 3.13. The molecule has 0 fully saturated rings. The summed E-state index contributed by atoms with van der Waals surface area (Å²) in [5.41, 5.74) is 1.84. The Balaban J connectivity index is 1.39. The second-order valence-electron chi connectivity index (χ2n) is 6.78. The van der Waals surface area contributed by atoms with Crippen LogP contribution in [-0.4, -0.2) is 41.4 Å². The van der Waals surface area contributed by atoms with Crippen LogP contribution in [0.15, 0.2) is 50.1 Å². The van der Waals surface area contributed by atoms with Gasteiger partial charge in [0.15, 0.2) is 22.9 Å². The standard InChI is InChI=1S/C21H19ClN4O6/c1-29-16-5-3-12(9-17(16)30-2)7-8-23-19(27)20-24-18(25-32-20)11-26-14-10-13(22)4-6-15(14)31-21(26)28/h3-6,9-10H,7-8,11H2,1-2H3,(H,23,27). The van der Waals surface area contributed by atoms with E-state index in [2.05, 4.69) is 15.5 Å². The van der Waals surface area contributed by atoms with Crippen molar-refractivity contribution in [1.29, 1.82) is 0 Å². The molecule has 0 radical (unpaired) electrons. The van der Waals surface area contributed by atoms with Crippen LogP contribution in [0, 0.1) is 0 Å². The highest BCUT2D eigenvalue weighted by Crippen LogP contribution is 2.27. The number of rotatable bonds is 8. The number of fused-ring (bicyclic) bond motifs is 1. The maximum absolute atomic E-state index is 12.3. The van der Waals surface area contributed by atoms with Crippen molar-refractivity contribution in [3.05, 3.63) is 69.3 Å². The molecule has 11 heteroatoms. The van der Waals surface area contributed by atoms with Crippen molar-refractivity contribution < 1.29 is 23.2 Å². The summed E-state index contributed by atoms with van der Waals surface area (Å²) in [5.74, 6) is 0.0855. The zero-order valence-corrected chi connectivity index (χ0v) is 18.0. The number of nitrogens with zero attached hydrogens (tertiary/aromatic N) is 3. The number of ether oxygens (including phenoxy) is 2. The first-order valence-corrected chi connectivity index (χ1v) is 9.97. The van der Waals surface area contributed by atoms with Gasteiger partial charge in [-0.3, -0.25) is 9.36 Å². The fraction of sp³-hybridized carbons (Fsp3) is 0.238. The first kappa shape index (κ1) is 21.4. The van der Waals surface area contributed by atoms with Crippen molar-refractivity contribution in [3.8, 4) is 11.5 Å². The third-order valence-electron chi connectivity index (χ3n) is 4.74. The van der Waals surface area contributed by atoms with E-state index in [1.165, 1.54) is 4.57 Å². The Morgan fingerprint density at radius 1 is 1.16 bits per heavy atom. The summed E-state index contributed by atoms with van der Waals surface area (Å²) < 4.78 is 22.0. The van der Waals surface area contributed by atoms with E-state index in [1.54, 1.807) is 38.5 Å². The molecule has 4 rings (SSSR count). The Hall–Kier alpha value is -3.79. The molecule has 2 aromatic carbocycles. The molecule has 0 saturated heterocycles. The number of benzene rings is 2. The highest BCUT2D eigenvalue weighted by Gasteiger charge is 2.17. The molecular weight excluding hydrogens is 440 g/mol. The van der Waals surface area contributed by atoms with Gasteiger partial charge in [-0.05, 0) is 42.3 Å². The zero-order valence-electron chi connectivity index (χ0n) is 17.3. The van der Waals surface area contributed by atoms with Crippen molar-refractivity contribution in [2.75, 3.05) is 20.8 Å². The molecule has 1 amide bonds. The maximum Gasteiger partial charge on any atom is 0.420 e. The van der Waals surface area contributed by atoms with E-state index in [0.717, 1.165) is 5.56 Å². The minimum absolute atomic E-state index is 0.0331. The molecule has 2 heterocycles. The van der Waals surface area contributed by atoms with Crippen LogP contribution in [0.3, 0.4) is 0 Å². The summed E-state index contributed by atoms with van der Waals surface area (Å²) in [6, 6.07) is 10.4. The van der Waals surface area contributed by atoms with Crippen LogP contribution in [0.5, 0.6) is 11.5 Å². The van der Waals surface area contributed by atoms with E-state index in [4.69, 9.17) is 30.0 Å². The van der Waals surface area contributed by atoms with Gasteiger partial charge in [0.1, 0.15) is 0 Å².